The third-order valence-electron chi connectivity index (χ3n) is 6.41. The fourth-order valence-corrected chi connectivity index (χ4v) is 4.04. The highest BCUT2D eigenvalue weighted by atomic mass is 16.5. The molecule has 12 nitrogen and oxygen atoms in total. The molecule has 0 aliphatic carbocycles. The summed E-state index contributed by atoms with van der Waals surface area (Å²) in [5.41, 5.74) is 2.76. The molecule has 3 aromatic rings. The van der Waals surface area contributed by atoms with Gasteiger partial charge in [-0.15, -0.1) is 0 Å². The van der Waals surface area contributed by atoms with Crippen LogP contribution in [0.2, 0.25) is 0 Å². The van der Waals surface area contributed by atoms with E-state index < -0.39 is 41.8 Å². The van der Waals surface area contributed by atoms with Crippen molar-refractivity contribution in [3.05, 3.63) is 94.4 Å². The molecule has 0 aliphatic rings. The largest absolute Gasteiger partial charge is 0.391 e. The number of aliphatic hydroxyl groups excluding tert-OH is 1. The number of anilines is 1. The maximum atomic E-state index is 13.4. The first-order valence-corrected chi connectivity index (χ1v) is 14.5. The van der Waals surface area contributed by atoms with Gasteiger partial charge in [-0.2, -0.15) is 5.26 Å². The predicted molar refractivity (Wildman–Crippen MR) is 169 cm³/mol. The number of carbonyl (C=O) groups excluding carboxylic acids is 4. The summed E-state index contributed by atoms with van der Waals surface area (Å²) in [6, 6.07) is 14.9. The molecule has 1 aromatic heterocycles. The maximum absolute atomic E-state index is 13.4. The van der Waals surface area contributed by atoms with Crippen molar-refractivity contribution in [3.8, 4) is 6.07 Å². The van der Waals surface area contributed by atoms with Crippen LogP contribution in [0.4, 0.5) is 5.69 Å². The monoisotopic (exact) mass is 616 g/mol. The van der Waals surface area contributed by atoms with Crippen molar-refractivity contribution in [2.75, 3.05) is 5.32 Å². The van der Waals surface area contributed by atoms with E-state index in [1.165, 1.54) is 19.1 Å². The minimum atomic E-state index is -1.41. The topological polar surface area (TPSA) is 186 Å². The Kier molecular flexibility index (Phi) is 14.2. The third-order valence-corrected chi connectivity index (χ3v) is 6.41. The van der Waals surface area contributed by atoms with Gasteiger partial charge in [0, 0.05) is 24.7 Å². The van der Waals surface area contributed by atoms with Gasteiger partial charge in [0.15, 0.2) is 5.69 Å². The number of aryl methyl sites for hydroxylation is 2. The Balaban J connectivity index is 0.00000345. The molecule has 12 heteroatoms. The van der Waals surface area contributed by atoms with Crippen LogP contribution >= 0.6 is 0 Å². The summed E-state index contributed by atoms with van der Waals surface area (Å²) in [6.07, 6.45) is 0.0876. The van der Waals surface area contributed by atoms with Crippen LogP contribution in [0.25, 0.3) is 0 Å². The smallest absolute Gasteiger partial charge is 0.274 e. The van der Waals surface area contributed by atoms with Crippen molar-refractivity contribution in [1.82, 2.24) is 21.1 Å². The first kappa shape index (κ1) is 35.9. The summed E-state index contributed by atoms with van der Waals surface area (Å²) in [5, 5.41) is 33.6. The molecule has 238 valence electrons. The van der Waals surface area contributed by atoms with Gasteiger partial charge in [0.25, 0.3) is 11.8 Å². The number of benzene rings is 2. The molecule has 0 spiro atoms. The molecule has 0 saturated carbocycles. The number of nitriles is 1. The van der Waals surface area contributed by atoms with Gasteiger partial charge in [-0.1, -0.05) is 67.0 Å². The van der Waals surface area contributed by atoms with E-state index in [-0.39, 0.29) is 24.2 Å². The van der Waals surface area contributed by atoms with Crippen molar-refractivity contribution in [3.63, 3.8) is 0 Å². The first-order valence-electron chi connectivity index (χ1n) is 14.5. The van der Waals surface area contributed by atoms with Crippen LogP contribution in [0.5, 0.6) is 0 Å². The summed E-state index contributed by atoms with van der Waals surface area (Å²) in [4.78, 5) is 51.7. The molecule has 0 radical (unpaired) electrons. The fraction of sp³-hybridized carbons (Fsp3) is 0.333. The number of nitrogens with zero attached hydrogens (tertiary/aromatic N) is 2. The number of aromatic nitrogens is 1. The lowest BCUT2D eigenvalue weighted by molar-refractivity contribution is -0.131. The van der Waals surface area contributed by atoms with E-state index in [9.17, 15) is 24.3 Å². The van der Waals surface area contributed by atoms with E-state index >= 15 is 0 Å². The number of hydrogen-bond acceptors (Lipinski definition) is 8. The zero-order chi connectivity index (χ0) is 33.5. The Labute approximate surface area is 262 Å². The second kappa shape index (κ2) is 17.7. The molecule has 2 unspecified atom stereocenters. The molecule has 0 fully saturated rings. The van der Waals surface area contributed by atoms with Gasteiger partial charge in [0.1, 0.15) is 29.5 Å². The number of hydrogen-bond donors (Lipinski definition) is 5. The minimum Gasteiger partial charge on any atom is -0.391 e. The van der Waals surface area contributed by atoms with E-state index in [0.717, 1.165) is 11.1 Å². The molecule has 3 atom stereocenters. The summed E-state index contributed by atoms with van der Waals surface area (Å²) in [5.74, 6) is -2.23. The first-order chi connectivity index (χ1) is 21.5. The lowest BCUT2D eigenvalue weighted by Gasteiger charge is -2.24. The van der Waals surface area contributed by atoms with Crippen LogP contribution in [-0.2, 0) is 27.3 Å². The molecule has 0 bridgehead atoms. The average molecular weight is 617 g/mol. The minimum absolute atomic E-state index is 0.00681. The zero-order valence-corrected chi connectivity index (χ0v) is 26.3. The summed E-state index contributed by atoms with van der Waals surface area (Å²) in [7, 11) is 0. The van der Waals surface area contributed by atoms with Crippen molar-refractivity contribution in [2.24, 2.45) is 0 Å². The van der Waals surface area contributed by atoms with Crippen LogP contribution in [0.3, 0.4) is 0 Å². The quantitative estimate of drug-likeness (QED) is 0.152. The molecule has 0 aliphatic heterocycles. The lowest BCUT2D eigenvalue weighted by Crippen LogP contribution is -2.57. The van der Waals surface area contributed by atoms with Crippen molar-refractivity contribution >= 4 is 29.3 Å². The van der Waals surface area contributed by atoms with Crippen LogP contribution in [-0.4, -0.2) is 52.1 Å². The number of allylic oxidation sites excluding steroid dienone is 1. The summed E-state index contributed by atoms with van der Waals surface area (Å²) < 4.78 is 4.91. The van der Waals surface area contributed by atoms with Crippen molar-refractivity contribution < 1.29 is 28.8 Å². The third kappa shape index (κ3) is 11.1. The van der Waals surface area contributed by atoms with Crippen LogP contribution < -0.4 is 21.3 Å². The standard InChI is InChI=1S/C31H34N6O6.C2H6/c1-5-23(16-32)28(39)34-24-8-6-7-22(14-24)15-25(29(40)33-17-21-11-9-18(2)10-12-21)35-31(42)27(20(4)38)36-30(41)26-13-19(3)43-37-26;1-2/h5-14,20,25,27,38H,15,17H2,1-4H3,(H,33,40)(H,34,39)(H,35,42)(H,36,41);1-2H3/b23-5+;/t20?,25-,27?;/m0./s1. The lowest BCUT2D eigenvalue weighted by atomic mass is 10.0. The Morgan fingerprint density at radius 2 is 1.69 bits per heavy atom. The van der Waals surface area contributed by atoms with Gasteiger partial charge >= 0.3 is 0 Å². The van der Waals surface area contributed by atoms with Crippen LogP contribution in [0.15, 0.2) is 70.8 Å². The van der Waals surface area contributed by atoms with E-state index in [1.54, 1.807) is 38.1 Å². The maximum Gasteiger partial charge on any atom is 0.274 e. The normalized spacial score (nSPS) is 12.7. The van der Waals surface area contributed by atoms with E-state index in [4.69, 9.17) is 9.78 Å². The van der Waals surface area contributed by atoms with Gasteiger partial charge in [-0.05, 0) is 51.0 Å². The molecule has 4 amide bonds. The highest BCUT2D eigenvalue weighted by Gasteiger charge is 2.31. The molecule has 5 N–H and O–H groups in total. The number of aliphatic hydroxyl groups is 1. The number of rotatable bonds is 12. The van der Waals surface area contributed by atoms with Crippen molar-refractivity contribution in [2.45, 2.75) is 72.7 Å². The van der Waals surface area contributed by atoms with Crippen LogP contribution in [0.1, 0.15) is 60.6 Å². The Bertz CT molecular complexity index is 1540. The number of nitrogens with one attached hydrogen (secondary N) is 4. The molecular weight excluding hydrogens is 576 g/mol. The van der Waals surface area contributed by atoms with Gasteiger partial charge in [-0.3, -0.25) is 19.2 Å². The molecule has 45 heavy (non-hydrogen) atoms. The Hall–Kier alpha value is -5.28. The molecule has 2 aromatic carbocycles. The second-order valence-corrected chi connectivity index (χ2v) is 9.95. The highest BCUT2D eigenvalue weighted by molar-refractivity contribution is 6.06. The second-order valence-electron chi connectivity index (χ2n) is 9.95. The van der Waals surface area contributed by atoms with Gasteiger partial charge in [0.2, 0.25) is 11.8 Å². The van der Waals surface area contributed by atoms with Gasteiger partial charge in [-0.25, -0.2) is 0 Å². The molecule has 3 rings (SSSR count). The molecule has 1 heterocycles. The zero-order valence-electron chi connectivity index (χ0n) is 26.3. The van der Waals surface area contributed by atoms with Gasteiger partial charge in [0.05, 0.1) is 6.10 Å². The fourth-order valence-electron chi connectivity index (χ4n) is 4.04. The van der Waals surface area contributed by atoms with E-state index in [0.29, 0.717) is 17.0 Å². The summed E-state index contributed by atoms with van der Waals surface area (Å²) >= 11 is 0. The summed E-state index contributed by atoms with van der Waals surface area (Å²) in [6.45, 7) is 10.7. The highest BCUT2D eigenvalue weighted by Crippen LogP contribution is 2.15. The Morgan fingerprint density at radius 1 is 1.00 bits per heavy atom. The Morgan fingerprint density at radius 3 is 2.27 bits per heavy atom. The van der Waals surface area contributed by atoms with Crippen molar-refractivity contribution in [1.29, 1.82) is 5.26 Å². The average Bonchev–Trinajstić information content (AvgIpc) is 3.46. The van der Waals surface area contributed by atoms with E-state index in [2.05, 4.69) is 26.4 Å². The van der Waals surface area contributed by atoms with Gasteiger partial charge < -0.3 is 30.9 Å². The van der Waals surface area contributed by atoms with E-state index in [1.807, 2.05) is 51.1 Å². The molecule has 0 saturated heterocycles. The van der Waals surface area contributed by atoms with Crippen LogP contribution in [0, 0.1) is 25.2 Å². The number of carbonyl (C=O) groups is 4. The predicted octanol–water partition coefficient (Wildman–Crippen LogP) is 3.25. The number of amides is 4. The molecular formula is C33H40N6O6. The SMILES string of the molecule is C/C=C(\C#N)C(=O)Nc1cccc(C[C@H](NC(=O)C(NC(=O)c2cc(C)on2)C(C)O)C(=O)NCc2ccc(C)cc2)c1.CC.